The Hall–Kier alpha value is -11.4. The number of pyridine rings is 4. The number of Topliss-reactive ketones (excluding diaryl/α,β-unsaturated/α-hetero) is 1. The minimum absolute atomic E-state index is 0. The predicted molar refractivity (Wildman–Crippen MR) is 550 cm³/mol. The van der Waals surface area contributed by atoms with Crippen molar-refractivity contribution >= 4 is 99.8 Å². The summed E-state index contributed by atoms with van der Waals surface area (Å²) in [5.74, 6) is 5.01. The molecule has 8 heterocycles. The van der Waals surface area contributed by atoms with Crippen LogP contribution >= 0.6 is 76.1 Å². The fraction of sp³-hybridized carbons (Fsp3) is 0.345. The molecule has 0 spiro atoms. The van der Waals surface area contributed by atoms with E-state index in [2.05, 4.69) is 100 Å². The molecule has 144 heavy (non-hydrogen) atoms. The van der Waals surface area contributed by atoms with Crippen LogP contribution in [-0.2, 0) is 68.5 Å². The first-order chi connectivity index (χ1) is 69.0. The zero-order chi connectivity index (χ0) is 102. The Morgan fingerprint density at radius 2 is 0.882 bits per heavy atom. The van der Waals surface area contributed by atoms with Crippen molar-refractivity contribution in [2.45, 2.75) is 178 Å². The number of aromatic nitrogens is 4. The van der Waals surface area contributed by atoms with Gasteiger partial charge in [-0.3, -0.25) is 19.2 Å². The van der Waals surface area contributed by atoms with E-state index in [0.29, 0.717) is 118 Å². The third-order valence-corrected chi connectivity index (χ3v) is 26.2. The lowest BCUT2D eigenvalue weighted by Gasteiger charge is -2.18. The highest BCUT2D eigenvalue weighted by molar-refractivity contribution is 9.11. The van der Waals surface area contributed by atoms with Gasteiger partial charge in [0, 0.05) is 133 Å². The van der Waals surface area contributed by atoms with E-state index in [-0.39, 0.29) is 132 Å². The summed E-state index contributed by atoms with van der Waals surface area (Å²) in [5.41, 5.74) is 11.9. The number of carboxylic acids is 1. The standard InChI is InChI=1S/C31H32FNO5.C18H18FNO3.C13H14O3.C12H14O3.C9H8BrFO.C9H6BrFO.C9H10BrNO2.C5H3BrFN.C4H8O2.ClH/c1-3-4-21(17-30(34)35-2)20-5-8-23(9-6-20)37-28-13-11-26-25(10-12-27(32)31(26)28)22-7-14-29(33-18-22)38-24-15-16-36-19-24;19-15-4-2-13(14-3-5-16(21)18(14)15)11-1-6-17(20-9-11)23-12-7-8-22-10-12;1-3-4-11(9-13(15)16-2)10-5-7-12(14)8-6-10;1-2-3-10(8-12(14)15)9-4-6-11(13)7-5-9;2*10-6-2-3-7(11)9-5(6)1-4-8(9)12;10-7-1-2-9(11-5-7)13-8-3-4-12-6-8;6-4-1-2-5(7)8-3-4;5-4-1-2-6-3-4;/h3-10,12,14,18,21,24,28H,11,13,15-17,19H2,1-2H3;1-2,4,6,9,12,16,21H,3,5,7-8,10H2;5-8,11,14H,9H2,1-2H3;2-7,10,13H,8H2,1H3,(H,14,15);2-3,8,12H,1,4H2;2-3H,1,4H2;1-2,5,8H,3-4,6H2;1-3H;4-5H,1-3H2;1H/t21-,24?,28?;12?,16-;11-;10-;8-;;8-;;4-;/m00000.1.1./s1. The van der Waals surface area contributed by atoms with Crippen LogP contribution in [-0.4, -0.2) is 166 Å². The maximum Gasteiger partial charge on any atom is 0.307 e. The molecule has 4 saturated heterocycles. The molecule has 0 radical (unpaired) electrons. The number of hydrogen-bond acceptors (Lipinski definition) is 23. The minimum Gasteiger partial charge on any atom is -0.508 e. The number of nitrogens with zero attached hydrogens (tertiary/aromatic N) is 4. The van der Waals surface area contributed by atoms with E-state index >= 15 is 4.39 Å². The molecule has 7 aromatic carbocycles. The summed E-state index contributed by atoms with van der Waals surface area (Å²) < 4.78 is 124. The molecule has 764 valence electrons. The molecule has 34 heteroatoms. The number of carbonyl (C=O) groups excluding carboxylic acids is 3. The van der Waals surface area contributed by atoms with Crippen LogP contribution in [0.2, 0.25) is 0 Å². The van der Waals surface area contributed by atoms with Crippen LogP contribution in [0.15, 0.2) is 237 Å². The molecular weight excluding hydrogens is 2150 g/mol. The number of hydrogen-bond donors (Lipinski definition) is 6. The minimum atomic E-state index is -0.828. The number of esters is 2. The Morgan fingerprint density at radius 1 is 0.451 bits per heavy atom. The zero-order valence-corrected chi connectivity index (χ0v) is 87.0. The number of aliphatic hydroxyl groups excluding tert-OH is 3. The average molecular weight is 2260 g/mol. The quantitative estimate of drug-likeness (QED) is 0.0128. The second-order valence-corrected chi connectivity index (χ2v) is 37.3. The Balaban J connectivity index is 0.000000175. The summed E-state index contributed by atoms with van der Waals surface area (Å²) in [6.07, 6.45) is 21.9. The molecule has 4 fully saturated rings. The van der Waals surface area contributed by atoms with Gasteiger partial charge < -0.3 is 78.0 Å². The van der Waals surface area contributed by atoms with Crippen LogP contribution in [0, 0.1) is 41.1 Å². The van der Waals surface area contributed by atoms with Crippen molar-refractivity contribution in [2.75, 3.05) is 67.1 Å². The van der Waals surface area contributed by atoms with E-state index in [1.165, 1.54) is 50.7 Å². The summed E-state index contributed by atoms with van der Waals surface area (Å²) in [5, 5.41) is 55.0. The van der Waals surface area contributed by atoms with Gasteiger partial charge in [-0.2, -0.15) is 4.39 Å². The molecule has 11 aromatic rings. The Morgan fingerprint density at radius 3 is 1.31 bits per heavy atom. The number of phenols is 2. The fourth-order valence-electron chi connectivity index (χ4n) is 16.6. The summed E-state index contributed by atoms with van der Waals surface area (Å²) in [4.78, 5) is 61.1. The van der Waals surface area contributed by atoms with Gasteiger partial charge in [0.15, 0.2) is 5.78 Å². The van der Waals surface area contributed by atoms with Crippen LogP contribution in [0.1, 0.15) is 193 Å². The van der Waals surface area contributed by atoms with Gasteiger partial charge in [0.25, 0.3) is 0 Å². The van der Waals surface area contributed by atoms with Crippen molar-refractivity contribution < 1.29 is 119 Å². The molecule has 4 aromatic heterocycles. The molecule has 0 bridgehead atoms. The maximum atomic E-state index is 15.1. The van der Waals surface area contributed by atoms with Crippen LogP contribution in [0.5, 0.6) is 34.9 Å². The Labute approximate surface area is 873 Å². The van der Waals surface area contributed by atoms with Crippen molar-refractivity contribution in [3.8, 4) is 69.0 Å². The summed E-state index contributed by atoms with van der Waals surface area (Å²) in [7, 11) is 2.75. The van der Waals surface area contributed by atoms with Crippen LogP contribution in [0.3, 0.4) is 0 Å². The molecule has 3 unspecified atom stereocenters. The van der Waals surface area contributed by atoms with Crippen LogP contribution in [0.25, 0.3) is 22.3 Å². The second kappa shape index (κ2) is 58.7. The fourth-order valence-corrected chi connectivity index (χ4v) is 18.1. The maximum absolute atomic E-state index is 15.1. The van der Waals surface area contributed by atoms with Gasteiger partial charge >= 0.3 is 17.9 Å². The first-order valence-electron chi connectivity index (χ1n) is 46.6. The first kappa shape index (κ1) is 115. The van der Waals surface area contributed by atoms with Crippen molar-refractivity contribution in [3.05, 3.63) is 327 Å². The molecule has 6 N–H and O–H groups in total. The third kappa shape index (κ3) is 34.7. The van der Waals surface area contributed by atoms with E-state index in [1.54, 1.807) is 98.3 Å². The molecule has 10 atom stereocenters. The van der Waals surface area contributed by atoms with Gasteiger partial charge in [-0.1, -0.05) is 111 Å². The number of fused-ring (bicyclic) bond motifs is 4. The molecule has 8 aliphatic rings. The lowest BCUT2D eigenvalue weighted by molar-refractivity contribution is -0.141. The van der Waals surface area contributed by atoms with Gasteiger partial charge in [-0.15, -0.1) is 18.3 Å². The number of ether oxygens (including phenoxy) is 10. The normalized spacial score (nSPS) is 18.3. The number of rotatable bonds is 21. The number of aliphatic hydroxyl groups is 3. The van der Waals surface area contributed by atoms with Gasteiger partial charge in [-0.25, -0.2) is 37.5 Å². The second-order valence-electron chi connectivity index (χ2n) is 33.8. The number of phenolic OH excluding ortho intramolecular Hbond substituents is 2. The molecule has 0 amide bonds. The van der Waals surface area contributed by atoms with Crippen LogP contribution < -0.4 is 18.9 Å². The van der Waals surface area contributed by atoms with E-state index in [1.807, 2.05) is 105 Å². The van der Waals surface area contributed by atoms with Gasteiger partial charge in [-0.05, 0) is 257 Å². The number of allylic oxidation sites excluding steroid dienone is 4. The molecule has 24 nitrogen and oxygen atoms in total. The Bertz CT molecular complexity index is 6080. The number of aromatic hydroxyl groups is 2. The summed E-state index contributed by atoms with van der Waals surface area (Å²) in [6, 6.07) is 47.7. The topological polar surface area (TPSA) is 334 Å². The van der Waals surface area contributed by atoms with E-state index in [0.717, 1.165) is 131 Å². The van der Waals surface area contributed by atoms with Gasteiger partial charge in [0.1, 0.15) is 64.9 Å². The van der Waals surface area contributed by atoms with E-state index in [4.69, 9.17) is 63.1 Å². The number of methoxy groups -OCH3 is 2. The number of carbonyl (C=O) groups is 4. The largest absolute Gasteiger partial charge is 0.508 e. The SMILES string of the molecule is Brc1ccc(O[C@@H]2CCOC2)nc1.CC#C[C@@H](CC(=O)OC)c1ccc(O)cc1.CC=C[C@@H](CC(=O)O)c1ccc(O)cc1.CC=C[C@@H](CC(=O)OC)c1ccc(OC2CCc3c(-c4ccc(OC5CCOC5)nc4)ccc(F)c32)cc1.Cl.Fc1ccc(Br)cn1.O=C1CCc2c(Br)ccc(F)c21.O[C@@H]1CCOC1.O[C@H]1CCc2c(-c3ccc(OC4CCOC4)nc3)ccc(F)c21.O[C@H]1CCc2c(Br)ccc(F)c21. The molecule has 4 aliphatic heterocycles. The van der Waals surface area contributed by atoms with E-state index in [9.17, 15) is 47.0 Å². The van der Waals surface area contributed by atoms with Gasteiger partial charge in [0.2, 0.25) is 23.6 Å². The monoisotopic (exact) mass is 2260 g/mol. The smallest absolute Gasteiger partial charge is 0.307 e. The molecule has 19 rings (SSSR count). The number of carboxylic acid groups (broad SMARTS) is 1. The average Bonchev–Trinajstić information content (AvgIpc) is 1.61. The van der Waals surface area contributed by atoms with Crippen molar-refractivity contribution in [3.63, 3.8) is 0 Å². The molecular formula is C110H114Br4ClF5N4O20. The van der Waals surface area contributed by atoms with Gasteiger partial charge in [0.05, 0.1) is 110 Å². The predicted octanol–water partition coefficient (Wildman–Crippen LogP) is 23.4. The highest BCUT2D eigenvalue weighted by atomic mass is 79.9. The van der Waals surface area contributed by atoms with Crippen molar-refractivity contribution in [2.24, 2.45) is 0 Å². The van der Waals surface area contributed by atoms with Crippen molar-refractivity contribution in [1.29, 1.82) is 0 Å². The number of halogens is 10. The zero-order valence-electron chi connectivity index (χ0n) is 79.8. The number of ketones is 1. The molecule has 0 saturated carbocycles. The highest BCUT2D eigenvalue weighted by Crippen LogP contribution is 2.45. The van der Waals surface area contributed by atoms with E-state index < -0.39 is 29.9 Å². The summed E-state index contributed by atoms with van der Waals surface area (Å²) in [6.45, 7) is 10.9. The lowest BCUT2D eigenvalue weighted by Crippen LogP contribution is -2.16. The first-order valence-corrected chi connectivity index (χ1v) is 49.8. The lowest BCUT2D eigenvalue weighted by atomic mass is 9.95. The highest BCUT2D eigenvalue weighted by Gasteiger charge is 2.34. The van der Waals surface area contributed by atoms with Crippen LogP contribution in [0.4, 0.5) is 22.0 Å². The molecule has 4 aliphatic carbocycles. The number of aliphatic carboxylic acids is 1. The Kier molecular flexibility index (Phi) is 46.7. The van der Waals surface area contributed by atoms with Crippen molar-refractivity contribution in [1.82, 2.24) is 19.9 Å². The third-order valence-electron chi connectivity index (χ3n) is 23.8. The summed E-state index contributed by atoms with van der Waals surface area (Å²) >= 11 is 13.1. The number of benzene rings is 7.